The van der Waals surface area contributed by atoms with E-state index in [0.717, 1.165) is 4.68 Å². The molecule has 2 aromatic rings. The van der Waals surface area contributed by atoms with Gasteiger partial charge in [-0.05, 0) is 29.2 Å². The maximum Gasteiger partial charge on any atom is 0.411 e. The average Bonchev–Trinajstić information content (AvgIpc) is 2.40. The Kier molecular flexibility index (Phi) is 3.91. The summed E-state index contributed by atoms with van der Waals surface area (Å²) < 4.78 is 6.09. The predicted molar refractivity (Wildman–Crippen MR) is 72.7 cm³/mol. The molecule has 104 valence electrons. The lowest BCUT2D eigenvalue weighted by Gasteiger charge is -2.07. The molecule has 0 unspecified atom stereocenters. The van der Waals surface area contributed by atoms with Gasteiger partial charge < -0.3 is 14.9 Å². The summed E-state index contributed by atoms with van der Waals surface area (Å²) in [5.74, 6) is -0.746. The lowest BCUT2D eigenvalue weighted by Crippen LogP contribution is -2.22. The highest BCUT2D eigenvalue weighted by atomic mass is 35.5. The van der Waals surface area contributed by atoms with E-state index in [4.69, 9.17) is 27.9 Å². The van der Waals surface area contributed by atoms with Crippen LogP contribution in [0.5, 0.6) is 11.5 Å². The Hall–Kier alpha value is -2.12. The zero-order chi connectivity index (χ0) is 14.9. The first-order valence-corrected chi connectivity index (χ1v) is 6.00. The van der Waals surface area contributed by atoms with E-state index in [9.17, 15) is 14.9 Å². The van der Waals surface area contributed by atoms with E-state index in [1.807, 2.05) is 0 Å². The minimum atomic E-state index is -0.795. The molecule has 1 aromatic heterocycles. The molecule has 1 aromatic carbocycles. The third-order valence-electron chi connectivity index (χ3n) is 2.34. The van der Waals surface area contributed by atoms with Crippen LogP contribution in [0.3, 0.4) is 0 Å². The minimum Gasteiger partial charge on any atom is -0.449 e. The number of aryl methyl sites for hydroxylation is 1. The van der Waals surface area contributed by atoms with Gasteiger partial charge in [0.1, 0.15) is 5.75 Å². The molecule has 2 rings (SSSR count). The van der Waals surface area contributed by atoms with Crippen LogP contribution in [-0.2, 0) is 7.05 Å². The fraction of sp³-hybridized carbons (Fsp3) is 0.0909. The van der Waals surface area contributed by atoms with Crippen LogP contribution in [0.25, 0.3) is 0 Å². The highest BCUT2D eigenvalue weighted by Crippen LogP contribution is 2.31. The van der Waals surface area contributed by atoms with E-state index in [-0.39, 0.29) is 11.5 Å². The molecule has 9 heteroatoms. The van der Waals surface area contributed by atoms with Crippen molar-refractivity contribution in [2.75, 3.05) is 0 Å². The van der Waals surface area contributed by atoms with Crippen LogP contribution >= 0.6 is 23.2 Å². The first-order chi connectivity index (χ1) is 9.40. The molecule has 0 aliphatic carbocycles. The SMILES string of the molecule is Cn1nc([N+](=O)[O-])c(Cl)c(Oc2ccc(Cl)cc2)c1=O. The van der Waals surface area contributed by atoms with Crippen LogP contribution < -0.4 is 10.3 Å². The number of halogens is 2. The van der Waals surface area contributed by atoms with E-state index in [1.54, 1.807) is 12.1 Å². The van der Waals surface area contributed by atoms with Gasteiger partial charge in [-0.2, -0.15) is 0 Å². The zero-order valence-electron chi connectivity index (χ0n) is 10.0. The van der Waals surface area contributed by atoms with Gasteiger partial charge in [0, 0.05) is 5.02 Å². The standard InChI is InChI=1S/C11H7Cl2N3O4/c1-15-11(17)9(8(13)10(14-15)16(18)19)20-7-4-2-6(12)3-5-7/h2-5H,1H3. The molecule has 0 bridgehead atoms. The molecule has 0 N–H and O–H groups in total. The molecule has 20 heavy (non-hydrogen) atoms. The molecule has 1 heterocycles. The Morgan fingerprint density at radius 1 is 1.30 bits per heavy atom. The molecule has 0 spiro atoms. The van der Waals surface area contributed by atoms with Gasteiger partial charge in [-0.3, -0.25) is 4.79 Å². The van der Waals surface area contributed by atoms with Gasteiger partial charge in [0.2, 0.25) is 5.75 Å². The minimum absolute atomic E-state index is 0.272. The van der Waals surface area contributed by atoms with Crippen molar-refractivity contribution in [1.82, 2.24) is 9.78 Å². The van der Waals surface area contributed by atoms with Gasteiger partial charge >= 0.3 is 11.4 Å². The zero-order valence-corrected chi connectivity index (χ0v) is 11.6. The molecular formula is C11H7Cl2N3O4. The highest BCUT2D eigenvalue weighted by molar-refractivity contribution is 6.33. The molecule has 0 saturated heterocycles. The Morgan fingerprint density at radius 2 is 1.90 bits per heavy atom. The second-order valence-corrected chi connectivity index (χ2v) is 4.52. The summed E-state index contributed by atoms with van der Waals surface area (Å²) in [6, 6.07) is 6.10. The maximum absolute atomic E-state index is 11.9. The molecular weight excluding hydrogens is 309 g/mol. The van der Waals surface area contributed by atoms with E-state index in [1.165, 1.54) is 19.2 Å². The van der Waals surface area contributed by atoms with Crippen molar-refractivity contribution >= 4 is 29.0 Å². The van der Waals surface area contributed by atoms with E-state index >= 15 is 0 Å². The summed E-state index contributed by atoms with van der Waals surface area (Å²) >= 11 is 11.5. The Bertz CT molecular complexity index is 728. The van der Waals surface area contributed by atoms with Gasteiger partial charge in [-0.1, -0.05) is 23.2 Å². The topological polar surface area (TPSA) is 87.3 Å². The van der Waals surface area contributed by atoms with Crippen LogP contribution in [0.2, 0.25) is 10.0 Å². The van der Waals surface area contributed by atoms with Crippen molar-refractivity contribution in [3.05, 3.63) is 54.8 Å². The molecule has 0 aliphatic heterocycles. The summed E-state index contributed by atoms with van der Waals surface area (Å²) in [6.45, 7) is 0. The number of hydrogen-bond acceptors (Lipinski definition) is 5. The summed E-state index contributed by atoms with van der Waals surface area (Å²) in [7, 11) is 1.26. The number of rotatable bonds is 3. The largest absolute Gasteiger partial charge is 0.449 e. The Morgan fingerprint density at radius 3 is 2.45 bits per heavy atom. The first-order valence-electron chi connectivity index (χ1n) is 5.24. The second-order valence-electron chi connectivity index (χ2n) is 3.71. The van der Waals surface area contributed by atoms with Crippen LogP contribution in [-0.4, -0.2) is 14.7 Å². The number of aromatic nitrogens is 2. The fourth-order valence-corrected chi connectivity index (χ4v) is 1.75. The van der Waals surface area contributed by atoms with Gasteiger partial charge in [-0.15, -0.1) is 4.68 Å². The monoisotopic (exact) mass is 315 g/mol. The molecule has 0 fully saturated rings. The summed E-state index contributed by atoms with van der Waals surface area (Å²) in [5, 5.41) is 14.3. The number of nitrogens with zero attached hydrogens (tertiary/aromatic N) is 3. The smallest absolute Gasteiger partial charge is 0.411 e. The number of nitro groups is 1. The van der Waals surface area contributed by atoms with Gasteiger partial charge in [0.05, 0.1) is 12.1 Å². The molecule has 0 radical (unpaired) electrons. The van der Waals surface area contributed by atoms with Crippen LogP contribution in [0.4, 0.5) is 5.82 Å². The van der Waals surface area contributed by atoms with Crippen molar-refractivity contribution in [3.63, 3.8) is 0 Å². The van der Waals surface area contributed by atoms with Crippen molar-refractivity contribution in [2.24, 2.45) is 7.05 Å². The van der Waals surface area contributed by atoms with E-state index < -0.39 is 21.3 Å². The fourth-order valence-electron chi connectivity index (χ4n) is 1.40. The third-order valence-corrected chi connectivity index (χ3v) is 2.93. The lowest BCUT2D eigenvalue weighted by atomic mass is 10.3. The third kappa shape index (κ3) is 2.73. The molecule has 7 nitrogen and oxygen atoms in total. The van der Waals surface area contributed by atoms with E-state index in [0.29, 0.717) is 5.02 Å². The van der Waals surface area contributed by atoms with Gasteiger partial charge in [0.15, 0.2) is 5.02 Å². The Labute approximate surface area is 122 Å². The van der Waals surface area contributed by atoms with Crippen molar-refractivity contribution < 1.29 is 9.66 Å². The van der Waals surface area contributed by atoms with E-state index in [2.05, 4.69) is 5.10 Å². The van der Waals surface area contributed by atoms with Crippen LogP contribution in [0.1, 0.15) is 0 Å². The van der Waals surface area contributed by atoms with Crippen molar-refractivity contribution in [3.8, 4) is 11.5 Å². The van der Waals surface area contributed by atoms with Crippen molar-refractivity contribution in [2.45, 2.75) is 0 Å². The molecule has 0 atom stereocenters. The maximum atomic E-state index is 11.9. The number of hydrogen-bond donors (Lipinski definition) is 0. The lowest BCUT2D eigenvalue weighted by molar-refractivity contribution is -0.390. The first kappa shape index (κ1) is 14.3. The molecule has 0 saturated carbocycles. The summed E-state index contributed by atoms with van der Waals surface area (Å²) in [5.41, 5.74) is -0.685. The normalized spacial score (nSPS) is 10.3. The number of ether oxygens (including phenoxy) is 1. The highest BCUT2D eigenvalue weighted by Gasteiger charge is 2.25. The van der Waals surface area contributed by atoms with Crippen LogP contribution in [0, 0.1) is 10.1 Å². The molecule has 0 aliphatic rings. The Balaban J connectivity index is 2.53. The average molecular weight is 316 g/mol. The van der Waals surface area contributed by atoms with Gasteiger partial charge in [-0.25, -0.2) is 0 Å². The molecule has 0 amide bonds. The van der Waals surface area contributed by atoms with Crippen molar-refractivity contribution in [1.29, 1.82) is 0 Å². The van der Waals surface area contributed by atoms with Gasteiger partial charge in [0.25, 0.3) is 0 Å². The summed E-state index contributed by atoms with van der Waals surface area (Å²) in [4.78, 5) is 21.9. The van der Waals surface area contributed by atoms with Crippen LogP contribution in [0.15, 0.2) is 29.1 Å². The quantitative estimate of drug-likeness (QED) is 0.642. The summed E-state index contributed by atoms with van der Waals surface area (Å²) in [6.07, 6.45) is 0. The second kappa shape index (κ2) is 5.48. The number of benzene rings is 1. The predicted octanol–water partition coefficient (Wildman–Crippen LogP) is 2.79.